The third-order valence-corrected chi connectivity index (χ3v) is 0. The Labute approximate surface area is 47.8 Å². The summed E-state index contributed by atoms with van der Waals surface area (Å²) in [4.78, 5) is 0. The zero-order valence-corrected chi connectivity index (χ0v) is 4.37. The summed E-state index contributed by atoms with van der Waals surface area (Å²) < 4.78 is 4.06. The molecule has 0 fully saturated rings. The minimum Gasteiger partial charge on any atom is -1.00 e. The molecule has 1 nitrogen and oxygen atoms in total. The van der Waals surface area contributed by atoms with Crippen LogP contribution in [0.2, 0.25) is 0 Å². The topological polar surface area (TPSA) is 9.23 Å². The number of hydrogen-bond donors (Lipinski definition) is 0. The van der Waals surface area contributed by atoms with Crippen LogP contribution in [0.15, 0.2) is 0 Å². The van der Waals surface area contributed by atoms with E-state index < -0.39 is 0 Å². The summed E-state index contributed by atoms with van der Waals surface area (Å²) in [6, 6.07) is 0. The fraction of sp³-hybridized carbons (Fsp3) is 1.00. The Morgan fingerprint density at radius 3 is 2.00 bits per heavy atom. The molecule has 0 radical (unpaired) electrons. The maximum atomic E-state index is 4.06. The van der Waals surface area contributed by atoms with Gasteiger partial charge in [-0.2, -0.15) is 0 Å². The van der Waals surface area contributed by atoms with E-state index in [2.05, 4.69) is 20.1 Å². The van der Waals surface area contributed by atoms with Gasteiger partial charge in [0.05, 0.1) is 23.4 Å². The van der Waals surface area contributed by atoms with Crippen molar-refractivity contribution in [2.75, 3.05) is 7.11 Å². The molecule has 0 rings (SSSR count). The molecule has 0 atom stereocenters. The molecule has 0 aliphatic rings. The first-order valence-corrected chi connectivity index (χ1v) is 1.21. The molecule has 0 aliphatic carbocycles. The number of rotatable bonds is 0. The van der Waals surface area contributed by atoms with Gasteiger partial charge in [-0.05, 0) is 0 Å². The first-order chi connectivity index (χ1) is 1.41. The molecule has 0 saturated carbocycles. The average Bonchev–Trinajstić information content (AvgIpc) is 0.918. The molecule has 0 aromatic carbocycles. The van der Waals surface area contributed by atoms with E-state index in [-0.39, 0.29) is 20.3 Å². The van der Waals surface area contributed by atoms with Gasteiger partial charge in [0, 0.05) is 0 Å². The quantitative estimate of drug-likeness (QED) is 0.337. The maximum Gasteiger partial charge on any atom is 1.00 e. The van der Waals surface area contributed by atoms with Crippen LogP contribution in [-0.4, -0.2) is 7.11 Å². The molecule has 0 N–H and O–H groups in total. The van der Waals surface area contributed by atoms with Gasteiger partial charge >= 0.3 is 18.9 Å². The second-order valence-corrected chi connectivity index (χ2v) is 0.802. The van der Waals surface area contributed by atoms with Crippen molar-refractivity contribution in [3.05, 3.63) is 0 Å². The van der Waals surface area contributed by atoms with E-state index in [9.17, 15) is 0 Å². The van der Waals surface area contributed by atoms with Gasteiger partial charge in [-0.3, -0.25) is 0 Å². The van der Waals surface area contributed by atoms with Gasteiger partial charge in [-0.15, -0.1) is 0 Å². The van der Waals surface area contributed by atoms with Gasteiger partial charge in [-0.1, -0.05) is 0 Å². The molecule has 3 heteroatoms. The molecule has 0 bridgehead atoms. The van der Waals surface area contributed by atoms with Gasteiger partial charge in [0.25, 0.3) is 0 Å². The van der Waals surface area contributed by atoms with Crippen molar-refractivity contribution in [3.63, 3.8) is 0 Å². The van der Waals surface area contributed by atoms with E-state index in [0.717, 1.165) is 0 Å². The molecule has 0 heterocycles. The smallest absolute Gasteiger partial charge is 1.00 e. The Balaban J connectivity index is -0.0000000200. The molecule has 4 heavy (non-hydrogen) atoms. The van der Waals surface area contributed by atoms with Crippen LogP contribution >= 0.6 is 16.3 Å². The van der Waals surface area contributed by atoms with Crippen molar-refractivity contribution in [2.24, 2.45) is 0 Å². The SMILES string of the molecule is COBr.[H-].[Li+]. The van der Waals surface area contributed by atoms with Crippen molar-refractivity contribution in [1.29, 1.82) is 0 Å². The van der Waals surface area contributed by atoms with Crippen molar-refractivity contribution < 1.29 is 24.1 Å². The zero-order chi connectivity index (χ0) is 2.71. The van der Waals surface area contributed by atoms with E-state index >= 15 is 0 Å². The van der Waals surface area contributed by atoms with Gasteiger partial charge in [0.2, 0.25) is 0 Å². The van der Waals surface area contributed by atoms with E-state index in [4.69, 9.17) is 0 Å². The summed E-state index contributed by atoms with van der Waals surface area (Å²) in [6.07, 6.45) is 0. The van der Waals surface area contributed by atoms with Crippen molar-refractivity contribution in [3.8, 4) is 0 Å². The van der Waals surface area contributed by atoms with Crippen LogP contribution in [-0.2, 0) is 3.83 Å². The molecule has 0 aromatic rings. The summed E-state index contributed by atoms with van der Waals surface area (Å²) in [5.74, 6) is 0. The normalized spacial score (nSPS) is 4.50. The summed E-state index contributed by atoms with van der Waals surface area (Å²) in [5.41, 5.74) is 0. The van der Waals surface area contributed by atoms with Gasteiger partial charge in [0.1, 0.15) is 0 Å². The summed E-state index contributed by atoms with van der Waals surface area (Å²) in [6.45, 7) is 0. The fourth-order valence-corrected chi connectivity index (χ4v) is 0. The predicted molar refractivity (Wildman–Crippen MR) is 17.0 cm³/mol. The monoisotopic (exact) mass is 118 g/mol. The van der Waals surface area contributed by atoms with Crippen LogP contribution in [0.4, 0.5) is 0 Å². The first-order valence-electron chi connectivity index (χ1n) is 0.563. The third-order valence-electron chi connectivity index (χ3n) is 0. The van der Waals surface area contributed by atoms with Crippen LogP contribution in [0.1, 0.15) is 1.43 Å². The molecule has 0 saturated heterocycles. The summed E-state index contributed by atoms with van der Waals surface area (Å²) >= 11 is 2.65. The Hall–Kier alpha value is 1.04. The van der Waals surface area contributed by atoms with Gasteiger partial charge in [0.15, 0.2) is 0 Å². The van der Waals surface area contributed by atoms with Crippen LogP contribution in [0.25, 0.3) is 0 Å². The zero-order valence-electron chi connectivity index (χ0n) is 3.79. The molecule has 0 spiro atoms. The summed E-state index contributed by atoms with van der Waals surface area (Å²) in [5, 5.41) is 0. The minimum atomic E-state index is 0. The van der Waals surface area contributed by atoms with Crippen molar-refractivity contribution in [2.45, 2.75) is 0 Å². The fourth-order valence-electron chi connectivity index (χ4n) is 0. The Morgan fingerprint density at radius 1 is 2.00 bits per heavy atom. The van der Waals surface area contributed by atoms with Crippen LogP contribution in [0.3, 0.4) is 0 Å². The predicted octanol–water partition coefficient (Wildman–Crippen LogP) is -1.94. The largest absolute Gasteiger partial charge is 1.00 e. The van der Waals surface area contributed by atoms with Crippen molar-refractivity contribution >= 4 is 16.3 Å². The van der Waals surface area contributed by atoms with E-state index in [1.807, 2.05) is 0 Å². The van der Waals surface area contributed by atoms with Crippen LogP contribution in [0, 0.1) is 0 Å². The Morgan fingerprint density at radius 2 is 2.00 bits per heavy atom. The molecular formula is CH4BrLiO. The molecule has 0 aromatic heterocycles. The van der Waals surface area contributed by atoms with E-state index in [1.165, 1.54) is 0 Å². The van der Waals surface area contributed by atoms with Crippen molar-refractivity contribution in [1.82, 2.24) is 0 Å². The molecule has 22 valence electrons. The van der Waals surface area contributed by atoms with E-state index in [0.29, 0.717) is 0 Å². The van der Waals surface area contributed by atoms with Crippen LogP contribution in [0.5, 0.6) is 0 Å². The average molecular weight is 119 g/mol. The number of halogens is 1. The van der Waals surface area contributed by atoms with Crippen LogP contribution < -0.4 is 18.9 Å². The van der Waals surface area contributed by atoms with Gasteiger partial charge < -0.3 is 5.25 Å². The molecular weight excluding hydrogens is 115 g/mol. The molecule has 0 aliphatic heterocycles. The Bertz CT molecular complexity index is 11.6. The number of hydrogen-bond acceptors (Lipinski definition) is 1. The third kappa shape index (κ3) is 11.7. The Kier molecular flexibility index (Phi) is 20.0. The summed E-state index contributed by atoms with van der Waals surface area (Å²) in [7, 11) is 1.54. The molecule has 0 amide bonds. The first kappa shape index (κ1) is 8.90. The second-order valence-electron chi connectivity index (χ2n) is 0.154. The maximum absolute atomic E-state index is 4.06. The van der Waals surface area contributed by atoms with E-state index in [1.54, 1.807) is 7.11 Å². The minimum absolute atomic E-state index is 0. The standard InChI is InChI=1S/CH3BrO.Li.H/c1-3-2;;/h1H3;;/q;+1;-1. The second kappa shape index (κ2) is 8.97. The van der Waals surface area contributed by atoms with Gasteiger partial charge in [-0.25, -0.2) is 0 Å². The molecule has 0 unspecified atom stereocenters.